The van der Waals surface area contributed by atoms with Crippen molar-refractivity contribution >= 4 is 28.4 Å². The number of rotatable bonds is 5. The van der Waals surface area contributed by atoms with E-state index in [1.807, 2.05) is 18.2 Å². The van der Waals surface area contributed by atoms with E-state index in [1.54, 1.807) is 7.11 Å². The molecule has 1 aromatic heterocycles. The summed E-state index contributed by atoms with van der Waals surface area (Å²) in [4.78, 5) is 15.8. The van der Waals surface area contributed by atoms with Crippen LogP contribution in [-0.2, 0) is 22.4 Å². The van der Waals surface area contributed by atoms with Crippen LogP contribution in [0.1, 0.15) is 24.1 Å². The molecule has 1 unspecified atom stereocenters. The number of methoxy groups -OCH3 is 1. The second kappa shape index (κ2) is 6.71. The minimum Gasteiger partial charge on any atom is -0.385 e. The van der Waals surface area contributed by atoms with E-state index in [0.29, 0.717) is 13.2 Å². The largest absolute Gasteiger partial charge is 0.385 e. The second-order valence-corrected chi connectivity index (χ2v) is 6.29. The van der Waals surface area contributed by atoms with E-state index in [-0.39, 0.29) is 11.8 Å². The van der Waals surface area contributed by atoms with E-state index in [0.717, 1.165) is 41.6 Å². The highest BCUT2D eigenvalue weighted by atomic mass is 35.5. The number of ether oxygens (including phenoxy) is 1. The quantitative estimate of drug-likeness (QED) is 0.832. The molecule has 22 heavy (non-hydrogen) atoms. The summed E-state index contributed by atoms with van der Waals surface area (Å²) in [6, 6.07) is 5.90. The van der Waals surface area contributed by atoms with Gasteiger partial charge in [-0.2, -0.15) is 0 Å². The number of amides is 1. The maximum atomic E-state index is 12.3. The van der Waals surface area contributed by atoms with Gasteiger partial charge in [-0.25, -0.2) is 0 Å². The molecule has 2 N–H and O–H groups in total. The van der Waals surface area contributed by atoms with Crippen LogP contribution in [0.4, 0.5) is 0 Å². The van der Waals surface area contributed by atoms with Crippen molar-refractivity contribution in [2.75, 3.05) is 20.3 Å². The molecule has 5 heteroatoms. The molecule has 1 aliphatic carbocycles. The Morgan fingerprint density at radius 2 is 2.36 bits per heavy atom. The number of aryl methyl sites for hydroxylation is 1. The molecular formula is C17H21ClN2O2. The van der Waals surface area contributed by atoms with E-state index in [1.165, 1.54) is 11.3 Å². The molecule has 0 spiro atoms. The van der Waals surface area contributed by atoms with Crippen LogP contribution >= 0.6 is 11.6 Å². The van der Waals surface area contributed by atoms with Gasteiger partial charge in [-0.05, 0) is 49.4 Å². The Balaban J connectivity index is 1.71. The fourth-order valence-electron chi connectivity index (χ4n) is 3.19. The molecule has 2 aromatic rings. The number of H-pyrrole nitrogens is 1. The van der Waals surface area contributed by atoms with Gasteiger partial charge in [0.25, 0.3) is 0 Å². The first kappa shape index (κ1) is 15.4. The highest BCUT2D eigenvalue weighted by Gasteiger charge is 2.27. The third-order valence-electron chi connectivity index (χ3n) is 4.35. The Morgan fingerprint density at radius 3 is 3.18 bits per heavy atom. The average molecular weight is 321 g/mol. The van der Waals surface area contributed by atoms with Crippen LogP contribution in [0.5, 0.6) is 0 Å². The van der Waals surface area contributed by atoms with Crippen LogP contribution in [0, 0.1) is 5.92 Å². The third kappa shape index (κ3) is 3.13. The van der Waals surface area contributed by atoms with Crippen LogP contribution in [0.2, 0.25) is 5.02 Å². The number of benzene rings is 1. The first-order valence-electron chi connectivity index (χ1n) is 7.74. The van der Waals surface area contributed by atoms with Gasteiger partial charge in [-0.3, -0.25) is 4.79 Å². The lowest BCUT2D eigenvalue weighted by molar-refractivity contribution is -0.125. The molecule has 0 aliphatic heterocycles. The van der Waals surface area contributed by atoms with Gasteiger partial charge in [-0.1, -0.05) is 11.6 Å². The molecule has 1 aromatic carbocycles. The Labute approximate surface area is 135 Å². The summed E-state index contributed by atoms with van der Waals surface area (Å²) in [6.45, 7) is 1.35. The lowest BCUT2D eigenvalue weighted by Crippen LogP contribution is -2.34. The van der Waals surface area contributed by atoms with E-state index in [2.05, 4.69) is 10.3 Å². The molecule has 0 saturated carbocycles. The maximum absolute atomic E-state index is 12.3. The van der Waals surface area contributed by atoms with Crippen LogP contribution in [-0.4, -0.2) is 31.2 Å². The molecule has 1 aliphatic rings. The van der Waals surface area contributed by atoms with Gasteiger partial charge in [0, 0.05) is 47.8 Å². The number of halogens is 1. The van der Waals surface area contributed by atoms with Crippen molar-refractivity contribution < 1.29 is 9.53 Å². The second-order valence-electron chi connectivity index (χ2n) is 5.85. The first-order chi connectivity index (χ1) is 10.7. The summed E-state index contributed by atoms with van der Waals surface area (Å²) in [6.07, 6.45) is 3.44. The van der Waals surface area contributed by atoms with Crippen molar-refractivity contribution in [3.63, 3.8) is 0 Å². The predicted octanol–water partition coefficient (Wildman–Crippen LogP) is 3.08. The Hall–Kier alpha value is -1.52. The number of nitrogens with one attached hydrogen (secondary N) is 2. The zero-order valence-corrected chi connectivity index (χ0v) is 13.5. The minimum absolute atomic E-state index is 0.0491. The monoisotopic (exact) mass is 320 g/mol. The van der Waals surface area contributed by atoms with E-state index < -0.39 is 0 Å². The normalized spacial score (nSPS) is 17.5. The third-order valence-corrected chi connectivity index (χ3v) is 4.58. The smallest absolute Gasteiger partial charge is 0.223 e. The van der Waals surface area contributed by atoms with E-state index in [9.17, 15) is 4.79 Å². The summed E-state index contributed by atoms with van der Waals surface area (Å²) in [5, 5.41) is 4.90. The molecule has 0 radical (unpaired) electrons. The number of fused-ring (bicyclic) bond motifs is 3. The zero-order chi connectivity index (χ0) is 15.5. The summed E-state index contributed by atoms with van der Waals surface area (Å²) < 4.78 is 5.00. The standard InChI is InChI=1S/C17H21ClN2O2/c1-22-8-2-7-19-17(21)11-3-5-15-13(9-11)14-10-12(18)4-6-16(14)20-15/h4,6,10-11,20H,2-3,5,7-9H2,1H3,(H,19,21). The van der Waals surface area contributed by atoms with E-state index >= 15 is 0 Å². The molecular weight excluding hydrogens is 300 g/mol. The zero-order valence-electron chi connectivity index (χ0n) is 12.7. The van der Waals surface area contributed by atoms with Crippen molar-refractivity contribution in [1.29, 1.82) is 0 Å². The summed E-state index contributed by atoms with van der Waals surface area (Å²) >= 11 is 6.11. The van der Waals surface area contributed by atoms with Crippen LogP contribution in [0.3, 0.4) is 0 Å². The molecule has 1 amide bonds. The average Bonchev–Trinajstić information content (AvgIpc) is 2.88. The fraction of sp³-hybridized carbons (Fsp3) is 0.471. The van der Waals surface area contributed by atoms with Crippen LogP contribution < -0.4 is 5.32 Å². The number of carbonyl (C=O) groups excluding carboxylic acids is 1. The van der Waals surface area contributed by atoms with Gasteiger partial charge in [0.2, 0.25) is 5.91 Å². The number of hydrogen-bond acceptors (Lipinski definition) is 2. The van der Waals surface area contributed by atoms with Crippen molar-refractivity contribution in [2.45, 2.75) is 25.7 Å². The van der Waals surface area contributed by atoms with Crippen LogP contribution in [0.15, 0.2) is 18.2 Å². The maximum Gasteiger partial charge on any atom is 0.223 e. The summed E-state index contributed by atoms with van der Waals surface area (Å²) in [5.41, 5.74) is 3.61. The van der Waals surface area contributed by atoms with Crippen molar-refractivity contribution in [3.8, 4) is 0 Å². The summed E-state index contributed by atoms with van der Waals surface area (Å²) in [5.74, 6) is 0.200. The highest BCUT2D eigenvalue weighted by Crippen LogP contribution is 2.33. The van der Waals surface area contributed by atoms with Gasteiger partial charge in [0.15, 0.2) is 0 Å². The molecule has 0 bridgehead atoms. The van der Waals surface area contributed by atoms with Crippen LogP contribution in [0.25, 0.3) is 10.9 Å². The van der Waals surface area contributed by atoms with Crippen molar-refractivity contribution in [2.24, 2.45) is 5.92 Å². The fourth-order valence-corrected chi connectivity index (χ4v) is 3.36. The Kier molecular flexibility index (Phi) is 4.69. The van der Waals surface area contributed by atoms with E-state index in [4.69, 9.17) is 16.3 Å². The molecule has 3 rings (SSSR count). The molecule has 0 saturated heterocycles. The van der Waals surface area contributed by atoms with Crippen molar-refractivity contribution in [3.05, 3.63) is 34.5 Å². The Bertz CT molecular complexity index is 681. The first-order valence-corrected chi connectivity index (χ1v) is 8.12. The number of carbonyl (C=O) groups is 1. The molecule has 118 valence electrons. The van der Waals surface area contributed by atoms with Gasteiger partial charge in [0.05, 0.1) is 0 Å². The number of aromatic nitrogens is 1. The van der Waals surface area contributed by atoms with Gasteiger partial charge < -0.3 is 15.0 Å². The van der Waals surface area contributed by atoms with Crippen molar-refractivity contribution in [1.82, 2.24) is 10.3 Å². The lowest BCUT2D eigenvalue weighted by atomic mass is 9.86. The van der Waals surface area contributed by atoms with Gasteiger partial charge in [-0.15, -0.1) is 0 Å². The topological polar surface area (TPSA) is 54.1 Å². The molecule has 0 fully saturated rings. The number of aromatic amines is 1. The molecule has 1 atom stereocenters. The number of hydrogen-bond donors (Lipinski definition) is 2. The SMILES string of the molecule is COCCCNC(=O)C1CCc2[nH]c3ccc(Cl)cc3c2C1. The highest BCUT2D eigenvalue weighted by molar-refractivity contribution is 6.31. The Morgan fingerprint density at radius 1 is 1.50 bits per heavy atom. The predicted molar refractivity (Wildman–Crippen MR) is 88.3 cm³/mol. The van der Waals surface area contributed by atoms with Gasteiger partial charge >= 0.3 is 0 Å². The lowest BCUT2D eigenvalue weighted by Gasteiger charge is -2.21. The molecule has 4 nitrogen and oxygen atoms in total. The van der Waals surface area contributed by atoms with Gasteiger partial charge in [0.1, 0.15) is 0 Å². The molecule has 1 heterocycles. The minimum atomic E-state index is 0.0491. The summed E-state index contributed by atoms with van der Waals surface area (Å²) in [7, 11) is 1.67.